The largest absolute Gasteiger partial charge is 0.360 e. The number of piperidine rings is 1. The molecule has 0 spiro atoms. The fraction of sp³-hybridized carbons (Fsp3) is 0.933. The molecule has 108 valence electrons. The maximum absolute atomic E-state index is 5.62. The molecule has 0 aromatic carbocycles. The number of nitrogens with one attached hydrogen (secondary N) is 1. The van der Waals surface area contributed by atoms with Gasteiger partial charge < -0.3 is 15.1 Å². The molecule has 3 rings (SSSR count). The summed E-state index contributed by atoms with van der Waals surface area (Å²) in [6, 6.07) is 1.38. The van der Waals surface area contributed by atoms with Crippen molar-refractivity contribution in [3.8, 4) is 0 Å². The first-order valence-electron chi connectivity index (χ1n) is 8.12. The number of thiocarbonyl (C=S) groups is 1. The summed E-state index contributed by atoms with van der Waals surface area (Å²) in [6.07, 6.45) is 10.7. The summed E-state index contributed by atoms with van der Waals surface area (Å²) in [5.41, 5.74) is 0. The Labute approximate surface area is 122 Å². The van der Waals surface area contributed by atoms with Gasteiger partial charge in [-0.2, -0.15) is 0 Å². The lowest BCUT2D eigenvalue weighted by Crippen LogP contribution is -2.49. The molecular formula is C15H27N3S. The third-order valence-electron chi connectivity index (χ3n) is 4.77. The minimum Gasteiger partial charge on any atom is -0.360 e. The van der Waals surface area contributed by atoms with Crippen LogP contribution in [0.4, 0.5) is 0 Å². The number of likely N-dealkylation sites (tertiary alicyclic amines) is 2. The van der Waals surface area contributed by atoms with Crippen LogP contribution in [-0.2, 0) is 0 Å². The maximum Gasteiger partial charge on any atom is 0.169 e. The Morgan fingerprint density at radius 1 is 1.00 bits per heavy atom. The molecule has 0 bridgehead atoms. The van der Waals surface area contributed by atoms with E-state index in [4.69, 9.17) is 12.2 Å². The minimum absolute atomic E-state index is 0.688. The van der Waals surface area contributed by atoms with Gasteiger partial charge in [0.1, 0.15) is 0 Å². The molecule has 2 aliphatic heterocycles. The molecule has 0 aromatic rings. The van der Waals surface area contributed by atoms with Crippen molar-refractivity contribution in [1.82, 2.24) is 15.1 Å². The van der Waals surface area contributed by atoms with E-state index in [2.05, 4.69) is 15.1 Å². The summed E-state index contributed by atoms with van der Waals surface area (Å²) in [5, 5.41) is 4.56. The first kappa shape index (κ1) is 13.6. The smallest absolute Gasteiger partial charge is 0.169 e. The van der Waals surface area contributed by atoms with Gasteiger partial charge in [0.2, 0.25) is 0 Å². The molecule has 1 N–H and O–H groups in total. The number of nitrogens with zero attached hydrogens (tertiary/aromatic N) is 2. The monoisotopic (exact) mass is 281 g/mol. The lowest BCUT2D eigenvalue weighted by molar-refractivity contribution is 0.202. The summed E-state index contributed by atoms with van der Waals surface area (Å²) in [5.74, 6) is 0. The van der Waals surface area contributed by atoms with Crippen LogP contribution in [0, 0.1) is 0 Å². The molecule has 1 aliphatic carbocycles. The van der Waals surface area contributed by atoms with E-state index in [9.17, 15) is 0 Å². The Hall–Kier alpha value is -0.350. The summed E-state index contributed by atoms with van der Waals surface area (Å²) in [7, 11) is 0. The molecule has 19 heavy (non-hydrogen) atoms. The van der Waals surface area contributed by atoms with Gasteiger partial charge in [-0.15, -0.1) is 0 Å². The summed E-state index contributed by atoms with van der Waals surface area (Å²) < 4.78 is 0. The lowest BCUT2D eigenvalue weighted by Gasteiger charge is -2.38. The standard InChI is InChI=1S/C15H27N3S/c19-15(16-13-6-7-13)18-11-2-1-5-14(18)8-12-17-9-3-4-10-17/h13-14H,1-12H2,(H,16,19)/t14-/m0/s1. The maximum atomic E-state index is 5.62. The fourth-order valence-electron chi connectivity index (χ4n) is 3.39. The van der Waals surface area contributed by atoms with Gasteiger partial charge in [0.25, 0.3) is 0 Å². The highest BCUT2D eigenvalue weighted by molar-refractivity contribution is 7.80. The Kier molecular flexibility index (Phi) is 4.59. The van der Waals surface area contributed by atoms with Crippen LogP contribution < -0.4 is 5.32 Å². The van der Waals surface area contributed by atoms with E-state index in [0.717, 1.165) is 5.11 Å². The number of rotatable bonds is 4. The van der Waals surface area contributed by atoms with Gasteiger partial charge in [0, 0.05) is 25.2 Å². The van der Waals surface area contributed by atoms with Crippen LogP contribution >= 0.6 is 12.2 Å². The average molecular weight is 281 g/mol. The van der Waals surface area contributed by atoms with Gasteiger partial charge in [0.15, 0.2) is 5.11 Å². The van der Waals surface area contributed by atoms with Crippen molar-refractivity contribution in [2.75, 3.05) is 26.2 Å². The Bertz CT molecular complexity index is 311. The molecule has 1 atom stereocenters. The van der Waals surface area contributed by atoms with E-state index in [0.29, 0.717) is 12.1 Å². The van der Waals surface area contributed by atoms with Crippen LogP contribution in [0.2, 0.25) is 0 Å². The summed E-state index contributed by atoms with van der Waals surface area (Å²) in [6.45, 7) is 5.07. The molecule has 2 saturated heterocycles. The van der Waals surface area contributed by atoms with Gasteiger partial charge >= 0.3 is 0 Å². The SMILES string of the molecule is S=C(NC1CC1)N1CCCC[C@H]1CCN1CCCC1. The minimum atomic E-state index is 0.688. The molecule has 0 radical (unpaired) electrons. The highest BCUT2D eigenvalue weighted by Gasteiger charge is 2.29. The van der Waals surface area contributed by atoms with Crippen LogP contribution in [0.25, 0.3) is 0 Å². The molecule has 0 unspecified atom stereocenters. The quantitative estimate of drug-likeness (QED) is 0.797. The Balaban J connectivity index is 1.48. The lowest BCUT2D eigenvalue weighted by atomic mass is 9.99. The molecule has 0 aromatic heterocycles. The van der Waals surface area contributed by atoms with Crippen LogP contribution in [0.1, 0.15) is 51.4 Å². The topological polar surface area (TPSA) is 18.5 Å². The number of hydrogen-bond donors (Lipinski definition) is 1. The van der Waals surface area contributed by atoms with Crippen LogP contribution in [0.3, 0.4) is 0 Å². The van der Waals surface area contributed by atoms with Crippen molar-refractivity contribution in [1.29, 1.82) is 0 Å². The van der Waals surface area contributed by atoms with E-state index in [1.54, 1.807) is 0 Å². The van der Waals surface area contributed by atoms with Gasteiger partial charge in [-0.05, 0) is 76.7 Å². The van der Waals surface area contributed by atoms with E-state index in [1.165, 1.54) is 77.5 Å². The second kappa shape index (κ2) is 6.40. The fourth-order valence-corrected chi connectivity index (χ4v) is 3.80. The van der Waals surface area contributed by atoms with E-state index in [1.807, 2.05) is 0 Å². The molecule has 3 aliphatic rings. The van der Waals surface area contributed by atoms with Crippen LogP contribution in [0.15, 0.2) is 0 Å². The zero-order valence-electron chi connectivity index (χ0n) is 11.9. The molecule has 3 fully saturated rings. The van der Waals surface area contributed by atoms with Crippen molar-refractivity contribution >= 4 is 17.3 Å². The third-order valence-corrected chi connectivity index (χ3v) is 5.12. The van der Waals surface area contributed by atoms with Crippen LogP contribution in [-0.4, -0.2) is 53.2 Å². The van der Waals surface area contributed by atoms with Crippen molar-refractivity contribution in [3.05, 3.63) is 0 Å². The first-order chi connectivity index (χ1) is 9.33. The molecule has 0 amide bonds. The normalized spacial score (nSPS) is 28.6. The second-order valence-electron chi connectivity index (χ2n) is 6.40. The second-order valence-corrected chi connectivity index (χ2v) is 6.79. The average Bonchev–Trinajstić information content (AvgIpc) is 3.09. The highest BCUT2D eigenvalue weighted by atomic mass is 32.1. The summed E-state index contributed by atoms with van der Waals surface area (Å²) >= 11 is 5.62. The molecule has 4 heteroatoms. The van der Waals surface area contributed by atoms with E-state index >= 15 is 0 Å². The van der Waals surface area contributed by atoms with Crippen LogP contribution in [0.5, 0.6) is 0 Å². The zero-order chi connectivity index (χ0) is 13.1. The zero-order valence-corrected chi connectivity index (χ0v) is 12.8. The van der Waals surface area contributed by atoms with Crippen molar-refractivity contribution in [3.63, 3.8) is 0 Å². The van der Waals surface area contributed by atoms with Gasteiger partial charge in [-0.1, -0.05) is 0 Å². The molecular weight excluding hydrogens is 254 g/mol. The Morgan fingerprint density at radius 2 is 1.74 bits per heavy atom. The molecule has 2 heterocycles. The van der Waals surface area contributed by atoms with E-state index in [-0.39, 0.29) is 0 Å². The Morgan fingerprint density at radius 3 is 2.47 bits per heavy atom. The van der Waals surface area contributed by atoms with Gasteiger partial charge in [-0.25, -0.2) is 0 Å². The molecule has 1 saturated carbocycles. The van der Waals surface area contributed by atoms with Crippen molar-refractivity contribution in [2.45, 2.75) is 63.5 Å². The molecule has 3 nitrogen and oxygen atoms in total. The highest BCUT2D eigenvalue weighted by Crippen LogP contribution is 2.24. The van der Waals surface area contributed by atoms with Gasteiger partial charge in [-0.3, -0.25) is 0 Å². The van der Waals surface area contributed by atoms with Crippen molar-refractivity contribution < 1.29 is 0 Å². The van der Waals surface area contributed by atoms with E-state index < -0.39 is 0 Å². The summed E-state index contributed by atoms with van der Waals surface area (Å²) in [4.78, 5) is 5.12. The number of hydrogen-bond acceptors (Lipinski definition) is 2. The van der Waals surface area contributed by atoms with Crippen molar-refractivity contribution in [2.24, 2.45) is 0 Å². The third kappa shape index (κ3) is 3.82. The first-order valence-corrected chi connectivity index (χ1v) is 8.53. The predicted octanol–water partition coefficient (Wildman–Crippen LogP) is 2.36. The van der Waals surface area contributed by atoms with Gasteiger partial charge in [0.05, 0.1) is 0 Å². The predicted molar refractivity (Wildman–Crippen MR) is 83.4 cm³/mol.